The Morgan fingerprint density at radius 3 is 2.74 bits per heavy atom. The molecule has 104 valence electrons. The number of benzene rings is 1. The molecule has 0 spiro atoms. The molecule has 0 saturated carbocycles. The van der Waals surface area contributed by atoms with Gasteiger partial charge in [-0.25, -0.2) is 0 Å². The molecule has 1 aromatic carbocycles. The standard InChI is InChI=1S/C15H21BrN2O/c1-15(2,11-17)8-4-5-9-18-12-6-7-13(16)14(10-12)19-3/h6-7,10,18H,4-5,8-9H2,1-3H3. The van der Waals surface area contributed by atoms with Gasteiger partial charge in [0.2, 0.25) is 0 Å². The molecule has 0 fully saturated rings. The molecule has 0 heterocycles. The highest BCUT2D eigenvalue weighted by Gasteiger charge is 2.15. The monoisotopic (exact) mass is 324 g/mol. The number of nitriles is 1. The Labute approximate surface area is 124 Å². The maximum Gasteiger partial charge on any atom is 0.135 e. The Bertz CT molecular complexity index is 452. The topological polar surface area (TPSA) is 45.0 Å². The van der Waals surface area contributed by atoms with Crippen LogP contribution in [0.25, 0.3) is 0 Å². The lowest BCUT2D eigenvalue weighted by atomic mass is 9.89. The minimum Gasteiger partial charge on any atom is -0.495 e. The number of nitrogens with zero attached hydrogens (tertiary/aromatic N) is 1. The van der Waals surface area contributed by atoms with Crippen molar-refractivity contribution in [3.05, 3.63) is 22.7 Å². The number of halogens is 1. The third-order valence-electron chi connectivity index (χ3n) is 3.01. The normalized spacial score (nSPS) is 10.9. The predicted octanol–water partition coefficient (Wildman–Crippen LogP) is 4.59. The second kappa shape index (κ2) is 7.40. The van der Waals surface area contributed by atoms with Crippen molar-refractivity contribution in [3.63, 3.8) is 0 Å². The zero-order valence-electron chi connectivity index (χ0n) is 11.8. The Hall–Kier alpha value is -1.21. The van der Waals surface area contributed by atoms with Gasteiger partial charge in [0, 0.05) is 18.3 Å². The molecule has 3 nitrogen and oxygen atoms in total. The summed E-state index contributed by atoms with van der Waals surface area (Å²) in [6.07, 6.45) is 3.06. The van der Waals surface area contributed by atoms with Crippen LogP contribution in [0, 0.1) is 16.7 Å². The summed E-state index contributed by atoms with van der Waals surface area (Å²) in [6, 6.07) is 8.30. The lowest BCUT2D eigenvalue weighted by Gasteiger charge is -2.14. The minimum atomic E-state index is -0.208. The highest BCUT2D eigenvalue weighted by atomic mass is 79.9. The van der Waals surface area contributed by atoms with E-state index in [1.165, 1.54) is 0 Å². The number of unbranched alkanes of at least 4 members (excludes halogenated alkanes) is 1. The third kappa shape index (κ3) is 5.52. The first-order valence-electron chi connectivity index (χ1n) is 6.47. The first kappa shape index (κ1) is 15.8. The molecule has 0 bridgehead atoms. The zero-order chi connectivity index (χ0) is 14.3. The number of anilines is 1. The van der Waals surface area contributed by atoms with Crippen LogP contribution < -0.4 is 10.1 Å². The number of hydrogen-bond acceptors (Lipinski definition) is 3. The van der Waals surface area contributed by atoms with Crippen LogP contribution in [-0.4, -0.2) is 13.7 Å². The minimum absolute atomic E-state index is 0.208. The number of methoxy groups -OCH3 is 1. The van der Waals surface area contributed by atoms with E-state index in [4.69, 9.17) is 10.00 Å². The summed E-state index contributed by atoms with van der Waals surface area (Å²) < 4.78 is 6.20. The van der Waals surface area contributed by atoms with Crippen LogP contribution in [0.1, 0.15) is 33.1 Å². The number of nitrogens with one attached hydrogen (secondary N) is 1. The van der Waals surface area contributed by atoms with E-state index < -0.39 is 0 Å². The molecule has 4 heteroatoms. The summed E-state index contributed by atoms with van der Waals surface area (Å²) in [6.45, 7) is 4.88. The van der Waals surface area contributed by atoms with Crippen molar-refractivity contribution >= 4 is 21.6 Å². The smallest absolute Gasteiger partial charge is 0.135 e. The second-order valence-electron chi connectivity index (χ2n) is 5.23. The highest BCUT2D eigenvalue weighted by molar-refractivity contribution is 9.10. The molecule has 1 N–H and O–H groups in total. The quantitative estimate of drug-likeness (QED) is 0.746. The lowest BCUT2D eigenvalue weighted by Crippen LogP contribution is -2.09. The molecule has 0 aliphatic carbocycles. The SMILES string of the molecule is COc1cc(NCCCCC(C)(C)C#N)ccc1Br. The lowest BCUT2D eigenvalue weighted by molar-refractivity contribution is 0.412. The van der Waals surface area contributed by atoms with Crippen molar-refractivity contribution in [2.45, 2.75) is 33.1 Å². The zero-order valence-corrected chi connectivity index (χ0v) is 13.4. The Morgan fingerprint density at radius 1 is 1.37 bits per heavy atom. The van der Waals surface area contributed by atoms with E-state index >= 15 is 0 Å². The van der Waals surface area contributed by atoms with Crippen molar-refractivity contribution in [1.82, 2.24) is 0 Å². The number of ether oxygens (including phenoxy) is 1. The molecule has 19 heavy (non-hydrogen) atoms. The summed E-state index contributed by atoms with van der Waals surface area (Å²) in [5.41, 5.74) is 0.848. The van der Waals surface area contributed by atoms with Crippen LogP contribution >= 0.6 is 15.9 Å². The van der Waals surface area contributed by atoms with E-state index in [-0.39, 0.29) is 5.41 Å². The first-order chi connectivity index (χ1) is 8.98. The fraction of sp³-hybridized carbons (Fsp3) is 0.533. The molecule has 0 radical (unpaired) electrons. The Morgan fingerprint density at radius 2 is 2.11 bits per heavy atom. The average Bonchev–Trinajstić information content (AvgIpc) is 2.40. The van der Waals surface area contributed by atoms with E-state index in [2.05, 4.69) is 27.3 Å². The van der Waals surface area contributed by atoms with Gasteiger partial charge in [0.25, 0.3) is 0 Å². The maximum atomic E-state index is 8.93. The van der Waals surface area contributed by atoms with E-state index in [1.807, 2.05) is 32.0 Å². The van der Waals surface area contributed by atoms with Gasteiger partial charge < -0.3 is 10.1 Å². The van der Waals surface area contributed by atoms with Crippen LogP contribution in [0.2, 0.25) is 0 Å². The van der Waals surface area contributed by atoms with E-state index in [9.17, 15) is 0 Å². The van der Waals surface area contributed by atoms with Crippen LogP contribution in [0.5, 0.6) is 5.75 Å². The molecule has 0 aliphatic heterocycles. The van der Waals surface area contributed by atoms with Gasteiger partial charge in [0.05, 0.1) is 23.1 Å². The third-order valence-corrected chi connectivity index (χ3v) is 3.67. The predicted molar refractivity (Wildman–Crippen MR) is 82.4 cm³/mol. The maximum absolute atomic E-state index is 8.93. The molecule has 0 amide bonds. The van der Waals surface area contributed by atoms with Gasteiger partial charge in [-0.05, 0) is 54.8 Å². The van der Waals surface area contributed by atoms with Crippen LogP contribution in [0.15, 0.2) is 22.7 Å². The van der Waals surface area contributed by atoms with Crippen molar-refractivity contribution in [2.75, 3.05) is 19.0 Å². The van der Waals surface area contributed by atoms with Gasteiger partial charge in [-0.3, -0.25) is 0 Å². The molecule has 0 aliphatic rings. The van der Waals surface area contributed by atoms with Gasteiger partial charge in [-0.1, -0.05) is 6.42 Å². The Balaban J connectivity index is 2.32. The largest absolute Gasteiger partial charge is 0.495 e. The summed E-state index contributed by atoms with van der Waals surface area (Å²) in [4.78, 5) is 0. The summed E-state index contributed by atoms with van der Waals surface area (Å²) in [7, 11) is 1.66. The van der Waals surface area contributed by atoms with E-state index in [0.29, 0.717) is 0 Å². The van der Waals surface area contributed by atoms with Crippen LogP contribution in [0.3, 0.4) is 0 Å². The fourth-order valence-electron chi connectivity index (χ4n) is 1.75. The Kier molecular flexibility index (Phi) is 6.17. The molecular formula is C15H21BrN2O. The molecule has 1 aromatic rings. The van der Waals surface area contributed by atoms with Crippen LogP contribution in [-0.2, 0) is 0 Å². The van der Waals surface area contributed by atoms with Gasteiger partial charge in [0.1, 0.15) is 5.75 Å². The van der Waals surface area contributed by atoms with Gasteiger partial charge in [-0.15, -0.1) is 0 Å². The average molecular weight is 325 g/mol. The number of rotatable bonds is 7. The van der Waals surface area contributed by atoms with Gasteiger partial charge >= 0.3 is 0 Å². The highest BCUT2D eigenvalue weighted by Crippen LogP contribution is 2.28. The summed E-state index contributed by atoms with van der Waals surface area (Å²) in [5.74, 6) is 0.829. The molecule has 0 saturated heterocycles. The molecule has 0 unspecified atom stereocenters. The van der Waals surface area contributed by atoms with Crippen molar-refractivity contribution in [1.29, 1.82) is 5.26 Å². The summed E-state index contributed by atoms with van der Waals surface area (Å²) >= 11 is 3.43. The fourth-order valence-corrected chi connectivity index (χ4v) is 2.16. The molecule has 1 rings (SSSR count). The van der Waals surface area contributed by atoms with Crippen LogP contribution in [0.4, 0.5) is 5.69 Å². The summed E-state index contributed by atoms with van der Waals surface area (Å²) in [5, 5.41) is 12.3. The molecular weight excluding hydrogens is 304 g/mol. The van der Waals surface area contributed by atoms with E-state index in [0.717, 1.165) is 41.7 Å². The van der Waals surface area contributed by atoms with Gasteiger partial charge in [-0.2, -0.15) is 5.26 Å². The van der Waals surface area contributed by atoms with Crippen molar-refractivity contribution < 1.29 is 4.74 Å². The molecule has 0 atom stereocenters. The number of hydrogen-bond donors (Lipinski definition) is 1. The van der Waals surface area contributed by atoms with Crippen molar-refractivity contribution in [2.24, 2.45) is 5.41 Å². The second-order valence-corrected chi connectivity index (χ2v) is 6.08. The first-order valence-corrected chi connectivity index (χ1v) is 7.26. The van der Waals surface area contributed by atoms with Crippen molar-refractivity contribution in [3.8, 4) is 11.8 Å². The van der Waals surface area contributed by atoms with Gasteiger partial charge in [0.15, 0.2) is 0 Å². The molecule has 0 aromatic heterocycles. The van der Waals surface area contributed by atoms with E-state index in [1.54, 1.807) is 7.11 Å².